The number of anilines is 1. The molecule has 15 nitrogen and oxygen atoms in total. The zero-order valence-corrected chi connectivity index (χ0v) is 30.1. The van der Waals surface area contributed by atoms with E-state index < -0.39 is 0 Å². The molecule has 1 heterocycles. The molecule has 1 saturated heterocycles. The lowest BCUT2D eigenvalue weighted by Crippen LogP contribution is -2.33. The van der Waals surface area contributed by atoms with E-state index in [1.165, 1.54) is 6.92 Å². The summed E-state index contributed by atoms with van der Waals surface area (Å²) in [5.41, 5.74) is 0.732. The minimum absolute atomic E-state index is 0.107. The van der Waals surface area contributed by atoms with Crippen molar-refractivity contribution in [1.29, 1.82) is 0 Å². The summed E-state index contributed by atoms with van der Waals surface area (Å²) in [6, 6.07) is 7.18. The molecule has 0 atom stereocenters. The van der Waals surface area contributed by atoms with Crippen LogP contribution in [0.4, 0.5) is 5.69 Å². The van der Waals surface area contributed by atoms with Crippen molar-refractivity contribution in [3.8, 4) is 5.75 Å². The van der Waals surface area contributed by atoms with E-state index in [0.717, 1.165) is 37.4 Å². The standard InChI is InChI=1S/C35H62N2O13/c1-32(38)37-33-2-4-34(5-3-33)49-30-28-47-26-24-45-22-20-43-18-16-41-14-12-39-10-11-40-13-15-42-17-19-44-21-23-46-25-27-48-29-31-50-35-6-8-36-9-7-35/h2-5,35-36H,6-31H2,1H3,(H,37,38). The average Bonchev–Trinajstić information content (AvgIpc) is 3.12. The minimum atomic E-state index is -0.107. The smallest absolute Gasteiger partial charge is 0.221 e. The minimum Gasteiger partial charge on any atom is -0.491 e. The van der Waals surface area contributed by atoms with Crippen LogP contribution in [0.5, 0.6) is 5.75 Å². The molecule has 0 bridgehead atoms. The van der Waals surface area contributed by atoms with Crippen LogP contribution < -0.4 is 15.4 Å². The summed E-state index contributed by atoms with van der Waals surface area (Å²) in [6.07, 6.45) is 2.52. The van der Waals surface area contributed by atoms with Crippen molar-refractivity contribution in [1.82, 2.24) is 5.32 Å². The Labute approximate surface area is 298 Å². The van der Waals surface area contributed by atoms with Gasteiger partial charge in [0, 0.05) is 12.6 Å². The van der Waals surface area contributed by atoms with Crippen LogP contribution in [0.2, 0.25) is 0 Å². The molecule has 0 aliphatic carbocycles. The highest BCUT2D eigenvalue weighted by Gasteiger charge is 2.12. The molecular formula is C35H62N2O13. The monoisotopic (exact) mass is 718 g/mol. The van der Waals surface area contributed by atoms with Gasteiger partial charge in [0.05, 0.1) is 145 Å². The molecule has 1 aromatic rings. The molecule has 1 aromatic carbocycles. The number of carbonyl (C=O) groups is 1. The largest absolute Gasteiger partial charge is 0.491 e. The summed E-state index contributed by atoms with van der Waals surface area (Å²) in [5.74, 6) is 0.610. The number of hydrogen-bond donors (Lipinski definition) is 2. The molecule has 1 aliphatic heterocycles. The lowest BCUT2D eigenvalue weighted by atomic mass is 10.1. The quantitative estimate of drug-likeness (QED) is 0.0973. The normalized spacial score (nSPS) is 13.5. The molecule has 1 fully saturated rings. The van der Waals surface area contributed by atoms with Crippen molar-refractivity contribution >= 4 is 11.6 Å². The van der Waals surface area contributed by atoms with Crippen molar-refractivity contribution in [3.05, 3.63) is 24.3 Å². The van der Waals surface area contributed by atoms with E-state index in [9.17, 15) is 4.79 Å². The van der Waals surface area contributed by atoms with E-state index in [1.54, 1.807) is 24.3 Å². The predicted octanol–water partition coefficient (Wildman–Crippen LogP) is 1.96. The van der Waals surface area contributed by atoms with Crippen molar-refractivity contribution in [2.45, 2.75) is 25.9 Å². The first-order valence-electron chi connectivity index (χ1n) is 17.8. The van der Waals surface area contributed by atoms with Gasteiger partial charge in [-0.05, 0) is 50.2 Å². The van der Waals surface area contributed by atoms with Crippen LogP contribution in [-0.4, -0.2) is 170 Å². The highest BCUT2D eigenvalue weighted by Crippen LogP contribution is 2.15. The molecule has 0 saturated carbocycles. The second-order valence-electron chi connectivity index (χ2n) is 11.0. The number of piperidine rings is 1. The molecule has 1 aliphatic rings. The van der Waals surface area contributed by atoms with Gasteiger partial charge < -0.3 is 67.5 Å². The predicted molar refractivity (Wildman–Crippen MR) is 186 cm³/mol. The van der Waals surface area contributed by atoms with E-state index in [0.29, 0.717) is 151 Å². The van der Waals surface area contributed by atoms with E-state index in [1.807, 2.05) is 0 Å². The number of carbonyl (C=O) groups excluding carboxylic acids is 1. The Morgan fingerprint density at radius 3 is 1.18 bits per heavy atom. The Kier molecular flexibility index (Phi) is 30.1. The van der Waals surface area contributed by atoms with Crippen molar-refractivity contribution in [3.63, 3.8) is 0 Å². The molecule has 50 heavy (non-hydrogen) atoms. The van der Waals surface area contributed by atoms with Gasteiger partial charge in [-0.3, -0.25) is 4.79 Å². The molecule has 0 aromatic heterocycles. The lowest BCUT2D eigenvalue weighted by Gasteiger charge is -2.22. The number of rotatable bonds is 36. The van der Waals surface area contributed by atoms with Gasteiger partial charge in [0.2, 0.25) is 5.91 Å². The third-order valence-electron chi connectivity index (χ3n) is 6.89. The molecule has 0 radical (unpaired) electrons. The zero-order chi connectivity index (χ0) is 35.4. The van der Waals surface area contributed by atoms with Crippen molar-refractivity contribution < 1.29 is 61.6 Å². The number of nitrogens with one attached hydrogen (secondary N) is 2. The average molecular weight is 719 g/mol. The molecule has 0 spiro atoms. The summed E-state index contributed by atoms with van der Waals surface area (Å²) in [5, 5.41) is 6.04. The first kappa shape index (κ1) is 44.2. The molecular weight excluding hydrogens is 656 g/mol. The fraction of sp³-hybridized carbons (Fsp3) is 0.800. The fourth-order valence-electron chi connectivity index (χ4n) is 4.37. The topological polar surface area (TPSA) is 152 Å². The van der Waals surface area contributed by atoms with E-state index >= 15 is 0 Å². The van der Waals surface area contributed by atoms with Crippen LogP contribution in [0.25, 0.3) is 0 Å². The summed E-state index contributed by atoms with van der Waals surface area (Å²) >= 11 is 0. The Morgan fingerprint density at radius 2 is 0.840 bits per heavy atom. The molecule has 290 valence electrons. The van der Waals surface area contributed by atoms with Crippen molar-refractivity contribution in [2.75, 3.05) is 164 Å². The van der Waals surface area contributed by atoms with Crippen LogP contribution in [0.15, 0.2) is 24.3 Å². The first-order valence-corrected chi connectivity index (χ1v) is 17.8. The number of amides is 1. The maximum atomic E-state index is 11.0. The van der Waals surface area contributed by atoms with E-state index in [2.05, 4.69) is 10.6 Å². The maximum absolute atomic E-state index is 11.0. The number of benzene rings is 1. The van der Waals surface area contributed by atoms with Gasteiger partial charge in [-0.25, -0.2) is 0 Å². The number of hydrogen-bond acceptors (Lipinski definition) is 14. The van der Waals surface area contributed by atoms with Crippen LogP contribution in [0.1, 0.15) is 19.8 Å². The Balaban J connectivity index is 1.15. The molecule has 2 rings (SSSR count). The summed E-state index contributed by atoms with van der Waals surface area (Å²) in [7, 11) is 0. The van der Waals surface area contributed by atoms with Gasteiger partial charge in [-0.15, -0.1) is 0 Å². The van der Waals surface area contributed by atoms with Gasteiger partial charge in [-0.1, -0.05) is 0 Å². The van der Waals surface area contributed by atoms with Crippen LogP contribution >= 0.6 is 0 Å². The van der Waals surface area contributed by atoms with E-state index in [-0.39, 0.29) is 5.91 Å². The lowest BCUT2D eigenvalue weighted by molar-refractivity contribution is -0.114. The van der Waals surface area contributed by atoms with Crippen molar-refractivity contribution in [2.24, 2.45) is 0 Å². The van der Waals surface area contributed by atoms with Crippen LogP contribution in [0.3, 0.4) is 0 Å². The summed E-state index contributed by atoms with van der Waals surface area (Å²) in [4.78, 5) is 11.0. The molecule has 0 unspecified atom stereocenters. The fourth-order valence-corrected chi connectivity index (χ4v) is 4.37. The van der Waals surface area contributed by atoms with Crippen LogP contribution in [0, 0.1) is 0 Å². The maximum Gasteiger partial charge on any atom is 0.221 e. The van der Waals surface area contributed by atoms with Gasteiger partial charge in [0.25, 0.3) is 0 Å². The van der Waals surface area contributed by atoms with Gasteiger partial charge >= 0.3 is 0 Å². The second-order valence-corrected chi connectivity index (χ2v) is 11.0. The zero-order valence-electron chi connectivity index (χ0n) is 30.1. The molecule has 1 amide bonds. The van der Waals surface area contributed by atoms with E-state index in [4.69, 9.17) is 56.8 Å². The Hall–Kier alpha value is -1.99. The highest BCUT2D eigenvalue weighted by molar-refractivity contribution is 5.88. The Bertz CT molecular complexity index is 879. The third-order valence-corrected chi connectivity index (χ3v) is 6.89. The number of ether oxygens (including phenoxy) is 12. The Morgan fingerprint density at radius 1 is 0.520 bits per heavy atom. The van der Waals surface area contributed by atoms with Gasteiger partial charge in [-0.2, -0.15) is 0 Å². The third kappa shape index (κ3) is 28.7. The first-order chi connectivity index (χ1) is 24.7. The highest BCUT2D eigenvalue weighted by atomic mass is 16.6. The summed E-state index contributed by atoms with van der Waals surface area (Å²) in [6.45, 7) is 14.8. The summed E-state index contributed by atoms with van der Waals surface area (Å²) < 4.78 is 66.4. The SMILES string of the molecule is CC(=O)Nc1ccc(OCCOCCOCCOCCOCCOCCOCCOCCOCCOCCOCCOC2CCNCC2)cc1. The molecule has 2 N–H and O–H groups in total. The van der Waals surface area contributed by atoms with Gasteiger partial charge in [0.15, 0.2) is 0 Å². The second kappa shape index (κ2) is 34.1. The van der Waals surface area contributed by atoms with Crippen LogP contribution in [-0.2, 0) is 56.9 Å². The van der Waals surface area contributed by atoms with Gasteiger partial charge in [0.1, 0.15) is 12.4 Å². The molecule has 15 heteroatoms.